The molecule has 0 saturated carbocycles. The van der Waals surface area contributed by atoms with Gasteiger partial charge in [-0.15, -0.1) is 11.3 Å². The fourth-order valence-corrected chi connectivity index (χ4v) is 2.08. The average molecular weight is 301 g/mol. The first-order chi connectivity index (χ1) is 10.2. The van der Waals surface area contributed by atoms with Crippen LogP contribution in [0.25, 0.3) is 0 Å². The minimum atomic E-state index is -0.521. The summed E-state index contributed by atoms with van der Waals surface area (Å²) in [7, 11) is 0. The highest BCUT2D eigenvalue weighted by Crippen LogP contribution is 2.16. The Balaban J connectivity index is 1.80. The van der Waals surface area contributed by atoms with Gasteiger partial charge in [0.2, 0.25) is 0 Å². The predicted octanol–water partition coefficient (Wildman–Crippen LogP) is 1.46. The van der Waals surface area contributed by atoms with E-state index in [0.29, 0.717) is 16.2 Å². The summed E-state index contributed by atoms with van der Waals surface area (Å²) in [5, 5.41) is 10.6. The van der Waals surface area contributed by atoms with Crippen LogP contribution in [-0.2, 0) is 4.79 Å². The van der Waals surface area contributed by atoms with Crippen molar-refractivity contribution in [2.24, 2.45) is 0 Å². The Morgan fingerprint density at radius 1 is 1.19 bits per heavy atom. The number of hydrogen-bond acceptors (Lipinski definition) is 5. The highest BCUT2D eigenvalue weighted by Gasteiger charge is 2.09. The number of hydrogen-bond donors (Lipinski definition) is 2. The number of nitrogens with zero attached hydrogens (tertiary/aromatic N) is 1. The number of rotatable bonds is 4. The Hall–Kier alpha value is -2.85. The second kappa shape index (κ2) is 7.07. The van der Waals surface area contributed by atoms with Crippen LogP contribution in [0.2, 0.25) is 0 Å². The number of benzene rings is 1. The molecular formula is C14H11N3O3S. The maximum atomic E-state index is 11.6. The number of carbonyl (C=O) groups excluding carboxylic acids is 2. The van der Waals surface area contributed by atoms with Crippen molar-refractivity contribution >= 4 is 23.2 Å². The van der Waals surface area contributed by atoms with Gasteiger partial charge in [0.05, 0.1) is 10.4 Å². The summed E-state index contributed by atoms with van der Waals surface area (Å²) in [6, 6.07) is 11.9. The van der Waals surface area contributed by atoms with Crippen molar-refractivity contribution in [2.45, 2.75) is 0 Å². The third-order valence-electron chi connectivity index (χ3n) is 2.43. The topological polar surface area (TPSA) is 91.2 Å². The summed E-state index contributed by atoms with van der Waals surface area (Å²) in [6.07, 6.45) is 0. The third-order valence-corrected chi connectivity index (χ3v) is 3.30. The molecule has 106 valence electrons. The second-order valence-corrected chi connectivity index (χ2v) is 4.82. The van der Waals surface area contributed by atoms with E-state index >= 15 is 0 Å². The fraction of sp³-hybridized carbons (Fsp3) is 0.0714. The average Bonchev–Trinajstić information content (AvgIpc) is 3.05. The number of carbonyl (C=O) groups is 2. The first-order valence-corrected chi connectivity index (χ1v) is 6.83. The van der Waals surface area contributed by atoms with Gasteiger partial charge < -0.3 is 4.74 Å². The van der Waals surface area contributed by atoms with Gasteiger partial charge in [0.25, 0.3) is 11.8 Å². The molecule has 0 spiro atoms. The fourth-order valence-electron chi connectivity index (χ4n) is 1.46. The number of ether oxygens (including phenoxy) is 1. The summed E-state index contributed by atoms with van der Waals surface area (Å²) < 4.78 is 5.23. The minimum absolute atomic E-state index is 0.302. The summed E-state index contributed by atoms with van der Waals surface area (Å²) in [4.78, 5) is 23.6. The van der Waals surface area contributed by atoms with Crippen molar-refractivity contribution in [3.05, 3.63) is 52.2 Å². The number of thiophene rings is 1. The second-order valence-electron chi connectivity index (χ2n) is 3.88. The molecular weight excluding hydrogens is 290 g/mol. The number of amides is 2. The van der Waals surface area contributed by atoms with Gasteiger partial charge >= 0.3 is 0 Å². The van der Waals surface area contributed by atoms with Gasteiger partial charge in [0, 0.05) is 0 Å². The molecule has 1 aromatic carbocycles. The summed E-state index contributed by atoms with van der Waals surface area (Å²) in [5.41, 5.74) is 4.86. The van der Waals surface area contributed by atoms with Crippen molar-refractivity contribution in [1.29, 1.82) is 5.26 Å². The van der Waals surface area contributed by atoms with Crippen LogP contribution in [0.5, 0.6) is 5.75 Å². The molecule has 0 aliphatic carbocycles. The number of hydrazine groups is 1. The van der Waals surface area contributed by atoms with E-state index in [0.717, 1.165) is 0 Å². The predicted molar refractivity (Wildman–Crippen MR) is 76.6 cm³/mol. The van der Waals surface area contributed by atoms with Crippen LogP contribution in [0.15, 0.2) is 41.8 Å². The Kier molecular flexibility index (Phi) is 4.90. The Bertz CT molecular complexity index is 677. The Morgan fingerprint density at radius 2 is 2.00 bits per heavy atom. The van der Waals surface area contributed by atoms with E-state index in [2.05, 4.69) is 10.9 Å². The highest BCUT2D eigenvalue weighted by atomic mass is 32.1. The normalized spacial score (nSPS) is 9.48. The van der Waals surface area contributed by atoms with Crippen LogP contribution in [0.3, 0.4) is 0 Å². The van der Waals surface area contributed by atoms with Crippen molar-refractivity contribution in [2.75, 3.05) is 6.61 Å². The van der Waals surface area contributed by atoms with Crippen LogP contribution in [0.4, 0.5) is 0 Å². The largest absolute Gasteiger partial charge is 0.482 e. The highest BCUT2D eigenvalue weighted by molar-refractivity contribution is 7.12. The molecule has 0 unspecified atom stereocenters. The lowest BCUT2D eigenvalue weighted by Crippen LogP contribution is -2.43. The smallest absolute Gasteiger partial charge is 0.279 e. The van der Waals surface area contributed by atoms with Gasteiger partial charge in [-0.3, -0.25) is 20.4 Å². The van der Waals surface area contributed by atoms with Crippen LogP contribution in [0.1, 0.15) is 15.2 Å². The Labute approximate surface area is 124 Å². The van der Waals surface area contributed by atoms with Crippen molar-refractivity contribution in [1.82, 2.24) is 10.9 Å². The quantitative estimate of drug-likeness (QED) is 0.836. The molecule has 1 heterocycles. The van der Waals surface area contributed by atoms with E-state index in [9.17, 15) is 9.59 Å². The molecule has 0 atom stereocenters. The third kappa shape index (κ3) is 4.06. The van der Waals surface area contributed by atoms with Crippen LogP contribution < -0.4 is 15.6 Å². The molecule has 2 rings (SSSR count). The lowest BCUT2D eigenvalue weighted by atomic mass is 10.2. The SMILES string of the molecule is N#Cc1ccccc1OCC(=O)NNC(=O)c1cccs1. The van der Waals surface area contributed by atoms with Crippen LogP contribution in [-0.4, -0.2) is 18.4 Å². The standard InChI is InChI=1S/C14H11N3O3S/c15-8-10-4-1-2-5-11(10)20-9-13(18)16-17-14(19)12-6-3-7-21-12/h1-7H,9H2,(H,16,18)(H,17,19). The summed E-state index contributed by atoms with van der Waals surface area (Å²) >= 11 is 1.27. The maximum Gasteiger partial charge on any atom is 0.279 e. The van der Waals surface area contributed by atoms with E-state index in [4.69, 9.17) is 10.00 Å². The van der Waals surface area contributed by atoms with Crippen molar-refractivity contribution < 1.29 is 14.3 Å². The molecule has 1 aromatic heterocycles. The molecule has 0 aliphatic heterocycles. The Morgan fingerprint density at radius 3 is 2.71 bits per heavy atom. The first kappa shape index (κ1) is 14.6. The lowest BCUT2D eigenvalue weighted by molar-refractivity contribution is -0.123. The van der Waals surface area contributed by atoms with E-state index in [-0.39, 0.29) is 6.61 Å². The molecule has 7 heteroatoms. The summed E-state index contributed by atoms with van der Waals surface area (Å²) in [5.74, 6) is -0.594. The van der Waals surface area contributed by atoms with Crippen LogP contribution in [0, 0.1) is 11.3 Å². The van der Waals surface area contributed by atoms with Crippen molar-refractivity contribution in [3.63, 3.8) is 0 Å². The monoisotopic (exact) mass is 301 g/mol. The van der Waals surface area contributed by atoms with Gasteiger partial charge in [0.15, 0.2) is 6.61 Å². The van der Waals surface area contributed by atoms with E-state index in [1.54, 1.807) is 41.8 Å². The molecule has 0 aliphatic rings. The molecule has 0 fully saturated rings. The minimum Gasteiger partial charge on any atom is -0.482 e. The lowest BCUT2D eigenvalue weighted by Gasteiger charge is -2.08. The zero-order valence-corrected chi connectivity index (χ0v) is 11.6. The van der Waals surface area contributed by atoms with Gasteiger partial charge in [-0.1, -0.05) is 18.2 Å². The molecule has 2 aromatic rings. The molecule has 0 radical (unpaired) electrons. The van der Waals surface area contributed by atoms with Gasteiger partial charge in [-0.25, -0.2) is 0 Å². The van der Waals surface area contributed by atoms with Crippen molar-refractivity contribution in [3.8, 4) is 11.8 Å². The summed E-state index contributed by atoms with van der Waals surface area (Å²) in [6.45, 7) is -0.302. The van der Waals surface area contributed by atoms with Gasteiger partial charge in [0.1, 0.15) is 11.8 Å². The van der Waals surface area contributed by atoms with Gasteiger partial charge in [-0.2, -0.15) is 5.26 Å². The first-order valence-electron chi connectivity index (χ1n) is 5.95. The van der Waals surface area contributed by atoms with E-state index in [1.807, 2.05) is 6.07 Å². The molecule has 2 N–H and O–H groups in total. The van der Waals surface area contributed by atoms with E-state index in [1.165, 1.54) is 11.3 Å². The van der Waals surface area contributed by atoms with E-state index < -0.39 is 11.8 Å². The van der Waals surface area contributed by atoms with Gasteiger partial charge in [-0.05, 0) is 23.6 Å². The number of nitrogens with one attached hydrogen (secondary N) is 2. The molecule has 21 heavy (non-hydrogen) atoms. The number of nitriles is 1. The van der Waals surface area contributed by atoms with Crippen LogP contribution >= 0.6 is 11.3 Å². The molecule has 0 bridgehead atoms. The molecule has 6 nitrogen and oxygen atoms in total. The maximum absolute atomic E-state index is 11.6. The zero-order chi connectivity index (χ0) is 15.1. The molecule has 2 amide bonds. The zero-order valence-electron chi connectivity index (χ0n) is 10.8. The number of para-hydroxylation sites is 1. The molecule has 0 saturated heterocycles.